The molecule has 0 saturated carbocycles. The Balaban J connectivity index is 1.31. The van der Waals surface area contributed by atoms with Crippen LogP contribution in [0.5, 0.6) is 5.75 Å². The quantitative estimate of drug-likeness (QED) is 0.632. The summed E-state index contributed by atoms with van der Waals surface area (Å²) in [6.45, 7) is 3.12. The molecule has 1 unspecified atom stereocenters. The van der Waals surface area contributed by atoms with Crippen molar-refractivity contribution in [2.24, 2.45) is 0 Å². The Hall–Kier alpha value is -3.19. The molecular weight excluding hydrogens is 392 g/mol. The minimum absolute atomic E-state index is 0.103. The number of aromatic nitrogens is 2. The molecule has 7 nitrogen and oxygen atoms in total. The Labute approximate surface area is 182 Å². The molecule has 1 N–H and O–H groups in total. The first-order chi connectivity index (χ1) is 15.0. The van der Waals surface area contributed by atoms with E-state index in [9.17, 15) is 4.79 Å². The van der Waals surface area contributed by atoms with Crippen molar-refractivity contribution >= 4 is 5.91 Å². The van der Waals surface area contributed by atoms with Crippen molar-refractivity contribution in [2.75, 3.05) is 27.2 Å². The number of hydrogen-bond donors (Lipinski definition) is 1. The number of hydrogen-bond acceptors (Lipinski definition) is 6. The summed E-state index contributed by atoms with van der Waals surface area (Å²) in [7, 11) is 3.86. The minimum Gasteiger partial charge on any atom is -0.496 e. The van der Waals surface area contributed by atoms with Crippen LogP contribution in [-0.2, 0) is 12.8 Å². The normalized spacial score (nSPS) is 15.5. The van der Waals surface area contributed by atoms with E-state index >= 15 is 0 Å². The van der Waals surface area contributed by atoms with Crippen LogP contribution in [0.4, 0.5) is 0 Å². The Morgan fingerprint density at radius 3 is 2.90 bits per heavy atom. The molecule has 2 aromatic carbocycles. The summed E-state index contributed by atoms with van der Waals surface area (Å²) in [6.07, 6.45) is 3.11. The Bertz CT molecular complexity index is 1060. The molecule has 1 aliphatic carbocycles. The Kier molecular flexibility index (Phi) is 6.32. The fourth-order valence-corrected chi connectivity index (χ4v) is 4.17. The van der Waals surface area contributed by atoms with Crippen LogP contribution in [0.2, 0.25) is 0 Å². The third-order valence-corrected chi connectivity index (χ3v) is 5.92. The zero-order chi connectivity index (χ0) is 21.8. The SMILES string of the molecule is COc1cccc2c1CCC(N(C)CCNC(=O)c1cccc(-c3noc(C)n3)c1)C2. The molecule has 1 amide bonds. The number of ether oxygens (including phenoxy) is 1. The third-order valence-electron chi connectivity index (χ3n) is 5.92. The topological polar surface area (TPSA) is 80.5 Å². The van der Waals surface area contributed by atoms with E-state index < -0.39 is 0 Å². The number of fused-ring (bicyclic) bond motifs is 1. The standard InChI is InChI=1S/C24H28N4O3/c1-16-26-23(27-31-16)18-7-4-8-19(14-18)24(29)25-12-13-28(2)20-10-11-21-17(15-20)6-5-9-22(21)30-3/h4-9,14,20H,10-13,15H2,1-3H3,(H,25,29). The molecule has 162 valence electrons. The molecule has 0 saturated heterocycles. The summed E-state index contributed by atoms with van der Waals surface area (Å²) in [5.74, 6) is 1.87. The number of likely N-dealkylation sites (N-methyl/N-ethyl adjacent to an activating group) is 1. The fraction of sp³-hybridized carbons (Fsp3) is 0.375. The molecule has 0 radical (unpaired) electrons. The monoisotopic (exact) mass is 420 g/mol. The molecule has 1 aromatic heterocycles. The Morgan fingerprint density at radius 1 is 1.29 bits per heavy atom. The van der Waals surface area contributed by atoms with E-state index in [4.69, 9.17) is 9.26 Å². The van der Waals surface area contributed by atoms with Gasteiger partial charge in [0.15, 0.2) is 0 Å². The van der Waals surface area contributed by atoms with E-state index in [1.54, 1.807) is 26.2 Å². The number of aryl methyl sites for hydroxylation is 1. The van der Waals surface area contributed by atoms with Crippen LogP contribution in [0.15, 0.2) is 47.0 Å². The maximum absolute atomic E-state index is 12.6. The lowest BCUT2D eigenvalue weighted by atomic mass is 9.87. The second-order valence-corrected chi connectivity index (χ2v) is 7.95. The number of nitrogens with one attached hydrogen (secondary N) is 1. The first-order valence-electron chi connectivity index (χ1n) is 10.6. The van der Waals surface area contributed by atoms with Crippen LogP contribution < -0.4 is 10.1 Å². The van der Waals surface area contributed by atoms with Crippen molar-refractivity contribution < 1.29 is 14.1 Å². The van der Waals surface area contributed by atoms with E-state index in [-0.39, 0.29) is 5.91 Å². The van der Waals surface area contributed by atoms with Gasteiger partial charge in [-0.2, -0.15) is 4.98 Å². The number of nitrogens with zero attached hydrogens (tertiary/aromatic N) is 3. The van der Waals surface area contributed by atoms with Gasteiger partial charge in [0.2, 0.25) is 11.7 Å². The lowest BCUT2D eigenvalue weighted by Crippen LogP contribution is -2.41. The van der Waals surface area contributed by atoms with E-state index in [1.807, 2.05) is 18.2 Å². The maximum atomic E-state index is 12.6. The average molecular weight is 421 g/mol. The highest BCUT2D eigenvalue weighted by Gasteiger charge is 2.24. The largest absolute Gasteiger partial charge is 0.496 e. The molecule has 1 atom stereocenters. The van der Waals surface area contributed by atoms with Crippen molar-refractivity contribution in [3.8, 4) is 17.1 Å². The zero-order valence-electron chi connectivity index (χ0n) is 18.2. The van der Waals surface area contributed by atoms with Crippen molar-refractivity contribution in [2.45, 2.75) is 32.2 Å². The molecule has 4 rings (SSSR count). The van der Waals surface area contributed by atoms with Crippen molar-refractivity contribution in [1.29, 1.82) is 0 Å². The van der Waals surface area contributed by atoms with Gasteiger partial charge >= 0.3 is 0 Å². The molecule has 0 bridgehead atoms. The maximum Gasteiger partial charge on any atom is 0.251 e. The highest BCUT2D eigenvalue weighted by atomic mass is 16.5. The molecular formula is C24H28N4O3. The molecule has 1 aliphatic rings. The van der Waals surface area contributed by atoms with Crippen LogP contribution >= 0.6 is 0 Å². The molecule has 3 aromatic rings. The lowest BCUT2D eigenvalue weighted by molar-refractivity contribution is 0.0946. The molecule has 0 fully saturated rings. The lowest BCUT2D eigenvalue weighted by Gasteiger charge is -2.33. The van der Waals surface area contributed by atoms with Gasteiger partial charge in [-0.1, -0.05) is 29.4 Å². The number of methoxy groups -OCH3 is 1. The van der Waals surface area contributed by atoms with Gasteiger partial charge in [0, 0.05) is 37.2 Å². The predicted molar refractivity (Wildman–Crippen MR) is 118 cm³/mol. The van der Waals surface area contributed by atoms with Crippen LogP contribution in [0, 0.1) is 6.92 Å². The van der Waals surface area contributed by atoms with Gasteiger partial charge in [-0.25, -0.2) is 0 Å². The molecule has 7 heteroatoms. The van der Waals surface area contributed by atoms with Gasteiger partial charge < -0.3 is 19.5 Å². The molecule has 1 heterocycles. The van der Waals surface area contributed by atoms with E-state index in [0.29, 0.717) is 29.9 Å². The molecule has 0 aliphatic heterocycles. The number of carbonyl (C=O) groups is 1. The zero-order valence-corrected chi connectivity index (χ0v) is 18.2. The smallest absolute Gasteiger partial charge is 0.251 e. The number of amides is 1. The minimum atomic E-state index is -0.103. The second kappa shape index (κ2) is 9.31. The van der Waals surface area contributed by atoms with Crippen molar-refractivity contribution in [1.82, 2.24) is 20.4 Å². The third kappa shape index (κ3) is 4.77. The van der Waals surface area contributed by atoms with Gasteiger partial charge in [-0.05, 0) is 55.6 Å². The van der Waals surface area contributed by atoms with Gasteiger partial charge in [0.1, 0.15) is 5.75 Å². The highest BCUT2D eigenvalue weighted by Crippen LogP contribution is 2.30. The van der Waals surface area contributed by atoms with Gasteiger partial charge in [-0.3, -0.25) is 4.79 Å². The average Bonchev–Trinajstić information content (AvgIpc) is 3.24. The molecule has 31 heavy (non-hydrogen) atoms. The number of rotatable bonds is 7. The van der Waals surface area contributed by atoms with Crippen LogP contribution in [-0.4, -0.2) is 54.2 Å². The summed E-state index contributed by atoms with van der Waals surface area (Å²) in [6, 6.07) is 14.0. The number of carbonyl (C=O) groups excluding carboxylic acids is 1. The van der Waals surface area contributed by atoms with Crippen LogP contribution in [0.1, 0.15) is 33.8 Å². The summed E-state index contributed by atoms with van der Waals surface area (Å²) in [5, 5.41) is 6.94. The highest BCUT2D eigenvalue weighted by molar-refractivity contribution is 5.95. The fourth-order valence-electron chi connectivity index (χ4n) is 4.17. The van der Waals surface area contributed by atoms with E-state index in [2.05, 4.69) is 39.5 Å². The van der Waals surface area contributed by atoms with E-state index in [0.717, 1.165) is 37.1 Å². The van der Waals surface area contributed by atoms with Crippen LogP contribution in [0.25, 0.3) is 11.4 Å². The number of benzene rings is 2. The van der Waals surface area contributed by atoms with Gasteiger partial charge in [0.25, 0.3) is 5.91 Å². The predicted octanol–water partition coefficient (Wildman–Crippen LogP) is 3.27. The summed E-state index contributed by atoms with van der Waals surface area (Å²) in [5.41, 5.74) is 4.04. The Morgan fingerprint density at radius 2 is 2.13 bits per heavy atom. The summed E-state index contributed by atoms with van der Waals surface area (Å²) < 4.78 is 10.5. The first kappa shape index (κ1) is 21.1. The van der Waals surface area contributed by atoms with Gasteiger partial charge in [-0.15, -0.1) is 0 Å². The summed E-state index contributed by atoms with van der Waals surface area (Å²) >= 11 is 0. The van der Waals surface area contributed by atoms with E-state index in [1.165, 1.54) is 11.1 Å². The summed E-state index contributed by atoms with van der Waals surface area (Å²) in [4.78, 5) is 19.2. The second-order valence-electron chi connectivity index (χ2n) is 7.95. The van der Waals surface area contributed by atoms with Crippen molar-refractivity contribution in [3.05, 3.63) is 65.0 Å². The van der Waals surface area contributed by atoms with Crippen LogP contribution in [0.3, 0.4) is 0 Å². The first-order valence-corrected chi connectivity index (χ1v) is 10.6. The molecule has 0 spiro atoms. The van der Waals surface area contributed by atoms with Crippen molar-refractivity contribution in [3.63, 3.8) is 0 Å². The van der Waals surface area contributed by atoms with Gasteiger partial charge in [0.05, 0.1) is 7.11 Å².